The Morgan fingerprint density at radius 3 is 1.57 bits per heavy atom. The summed E-state index contributed by atoms with van der Waals surface area (Å²) in [5.74, 6) is 0. The summed E-state index contributed by atoms with van der Waals surface area (Å²) in [6.45, 7) is 9.55. The molecule has 268 valence electrons. The van der Waals surface area contributed by atoms with Gasteiger partial charge in [0, 0.05) is 38.3 Å². The van der Waals surface area contributed by atoms with Crippen LogP contribution in [0.3, 0.4) is 0 Å². The first-order valence-corrected chi connectivity index (χ1v) is 19.8. The minimum Gasteiger partial charge on any atom is -0.309 e. The van der Waals surface area contributed by atoms with Gasteiger partial charge in [0.25, 0.3) is 0 Å². The molecule has 0 atom stereocenters. The molecule has 0 saturated carbocycles. The van der Waals surface area contributed by atoms with E-state index in [-0.39, 0.29) is 10.8 Å². The summed E-state index contributed by atoms with van der Waals surface area (Å²) in [4.78, 5) is 2.60. The van der Waals surface area contributed by atoms with Crippen molar-refractivity contribution in [3.05, 3.63) is 204 Å². The van der Waals surface area contributed by atoms with Crippen molar-refractivity contribution >= 4 is 38.9 Å². The topological polar surface area (TPSA) is 8.17 Å². The Hall–Kier alpha value is -6.64. The van der Waals surface area contributed by atoms with Crippen molar-refractivity contribution in [1.82, 2.24) is 4.57 Å². The monoisotopic (exact) mass is 718 g/mol. The van der Waals surface area contributed by atoms with E-state index in [9.17, 15) is 0 Å². The zero-order valence-electron chi connectivity index (χ0n) is 32.2. The maximum Gasteiger partial charge on any atom is 0.0543 e. The van der Waals surface area contributed by atoms with Crippen LogP contribution in [0, 0.1) is 0 Å². The fourth-order valence-corrected chi connectivity index (χ4v) is 10.3. The number of anilines is 3. The Kier molecular flexibility index (Phi) is 6.98. The molecule has 2 aliphatic carbocycles. The predicted molar refractivity (Wildman–Crippen MR) is 236 cm³/mol. The molecule has 0 aliphatic heterocycles. The van der Waals surface area contributed by atoms with Crippen LogP contribution in [0.25, 0.3) is 60.9 Å². The summed E-state index contributed by atoms with van der Waals surface area (Å²) >= 11 is 0. The number of benzene rings is 8. The van der Waals surface area contributed by atoms with Crippen LogP contribution in [-0.2, 0) is 10.8 Å². The molecule has 9 aromatic rings. The zero-order chi connectivity index (χ0) is 37.8. The summed E-state index contributed by atoms with van der Waals surface area (Å²) < 4.78 is 2.46. The average Bonchev–Trinajstić information content (AvgIpc) is 3.79. The lowest BCUT2D eigenvalue weighted by Gasteiger charge is -2.35. The van der Waals surface area contributed by atoms with E-state index in [4.69, 9.17) is 0 Å². The van der Waals surface area contributed by atoms with Gasteiger partial charge in [-0.3, -0.25) is 0 Å². The second-order valence-electron chi connectivity index (χ2n) is 16.5. The second-order valence-corrected chi connectivity index (χ2v) is 16.5. The number of hydrogen-bond donors (Lipinski definition) is 0. The molecule has 0 bridgehead atoms. The van der Waals surface area contributed by atoms with Gasteiger partial charge in [0.05, 0.1) is 33.8 Å². The van der Waals surface area contributed by atoms with Crippen LogP contribution in [0.4, 0.5) is 17.1 Å². The molecule has 1 aromatic heterocycles. The maximum absolute atomic E-state index is 2.60. The Labute approximate surface area is 328 Å². The maximum atomic E-state index is 2.60. The van der Waals surface area contributed by atoms with E-state index < -0.39 is 0 Å². The first-order valence-electron chi connectivity index (χ1n) is 19.8. The SMILES string of the molecule is CC1(C)c2ccccc2-c2c(N(c3ccccc3-c3ccccc3-n3c4ccccc4c4ccccc43)c3cccc4c3C(C)(C)c3ccccc3-4)cccc21. The molecule has 0 spiro atoms. The number of para-hydroxylation sites is 4. The van der Waals surface area contributed by atoms with Gasteiger partial charge in [-0.1, -0.05) is 173 Å². The number of aromatic nitrogens is 1. The lowest BCUT2D eigenvalue weighted by molar-refractivity contribution is 0.659. The molecule has 56 heavy (non-hydrogen) atoms. The largest absolute Gasteiger partial charge is 0.309 e. The van der Waals surface area contributed by atoms with Gasteiger partial charge in [-0.25, -0.2) is 0 Å². The van der Waals surface area contributed by atoms with Gasteiger partial charge in [0.15, 0.2) is 0 Å². The van der Waals surface area contributed by atoms with Gasteiger partial charge < -0.3 is 9.47 Å². The first kappa shape index (κ1) is 32.8. The summed E-state index contributed by atoms with van der Waals surface area (Å²) in [5.41, 5.74) is 19.9. The van der Waals surface area contributed by atoms with Crippen LogP contribution >= 0.6 is 0 Å². The van der Waals surface area contributed by atoms with Crippen LogP contribution in [0.2, 0.25) is 0 Å². The smallest absolute Gasteiger partial charge is 0.0543 e. The van der Waals surface area contributed by atoms with E-state index in [1.54, 1.807) is 0 Å². The van der Waals surface area contributed by atoms with Crippen molar-refractivity contribution in [2.45, 2.75) is 38.5 Å². The molecule has 0 unspecified atom stereocenters. The fourth-order valence-electron chi connectivity index (χ4n) is 10.3. The highest BCUT2D eigenvalue weighted by atomic mass is 15.2. The second kappa shape index (κ2) is 11.9. The summed E-state index contributed by atoms with van der Waals surface area (Å²) in [5, 5.41) is 2.52. The number of hydrogen-bond acceptors (Lipinski definition) is 1. The molecule has 0 radical (unpaired) electrons. The lowest BCUT2D eigenvalue weighted by atomic mass is 9.81. The number of rotatable bonds is 5. The van der Waals surface area contributed by atoms with Crippen molar-refractivity contribution in [3.8, 4) is 39.1 Å². The van der Waals surface area contributed by atoms with Gasteiger partial charge in [0.1, 0.15) is 0 Å². The van der Waals surface area contributed by atoms with E-state index in [1.807, 2.05) is 0 Å². The number of nitrogens with zero attached hydrogens (tertiary/aromatic N) is 2. The number of fused-ring (bicyclic) bond motifs is 9. The van der Waals surface area contributed by atoms with E-state index in [2.05, 4.69) is 219 Å². The lowest BCUT2D eigenvalue weighted by Crippen LogP contribution is -2.21. The highest BCUT2D eigenvalue weighted by Gasteiger charge is 2.41. The van der Waals surface area contributed by atoms with Crippen molar-refractivity contribution in [1.29, 1.82) is 0 Å². The van der Waals surface area contributed by atoms with Gasteiger partial charge in [0.2, 0.25) is 0 Å². The third-order valence-electron chi connectivity index (χ3n) is 12.8. The van der Waals surface area contributed by atoms with E-state index in [0.29, 0.717) is 0 Å². The Balaban J connectivity index is 1.23. The normalized spacial score (nSPS) is 14.4. The van der Waals surface area contributed by atoms with Gasteiger partial charge in [-0.05, 0) is 75.3 Å². The van der Waals surface area contributed by atoms with Crippen LogP contribution in [0.5, 0.6) is 0 Å². The summed E-state index contributed by atoms with van der Waals surface area (Å²) in [6, 6.07) is 67.5. The fraction of sp³-hybridized carbons (Fsp3) is 0.111. The molecule has 11 rings (SSSR count). The minimum absolute atomic E-state index is 0.135. The summed E-state index contributed by atoms with van der Waals surface area (Å²) in [7, 11) is 0. The standard InChI is InChI=1S/C54H42N2/c1-53(2)43-27-12-6-24-41(43)51-44(53)28-18-33-49(51)56(50-34-17-25-40-35-19-5-11-26-42(35)54(3,4)52(40)50)48-32-16-10-23-39(48)38-22-9-15-31-47(38)55-45-29-13-7-20-36(45)37-21-8-14-30-46(37)55/h5-34H,1-4H3. The van der Waals surface area contributed by atoms with Gasteiger partial charge in [-0.2, -0.15) is 0 Å². The molecule has 0 N–H and O–H groups in total. The molecular formula is C54H42N2. The molecule has 8 aromatic carbocycles. The summed E-state index contributed by atoms with van der Waals surface area (Å²) in [6.07, 6.45) is 0. The van der Waals surface area contributed by atoms with Gasteiger partial charge in [-0.15, -0.1) is 0 Å². The van der Waals surface area contributed by atoms with Crippen LogP contribution in [0.15, 0.2) is 182 Å². The average molecular weight is 719 g/mol. The third kappa shape index (κ3) is 4.44. The third-order valence-corrected chi connectivity index (χ3v) is 12.8. The minimum atomic E-state index is -0.217. The molecule has 1 heterocycles. The highest BCUT2D eigenvalue weighted by Crippen LogP contribution is 2.59. The Morgan fingerprint density at radius 1 is 0.357 bits per heavy atom. The van der Waals surface area contributed by atoms with E-state index in [1.165, 1.54) is 88.8 Å². The van der Waals surface area contributed by atoms with Gasteiger partial charge >= 0.3 is 0 Å². The molecule has 2 aliphatic rings. The quantitative estimate of drug-likeness (QED) is 0.172. The van der Waals surface area contributed by atoms with Crippen LogP contribution in [0.1, 0.15) is 49.9 Å². The van der Waals surface area contributed by atoms with Crippen molar-refractivity contribution in [3.63, 3.8) is 0 Å². The van der Waals surface area contributed by atoms with Crippen molar-refractivity contribution < 1.29 is 0 Å². The zero-order valence-corrected chi connectivity index (χ0v) is 32.2. The Bertz CT molecular complexity index is 2990. The highest BCUT2D eigenvalue weighted by molar-refractivity contribution is 6.10. The first-order chi connectivity index (χ1) is 27.4. The molecular weight excluding hydrogens is 677 g/mol. The van der Waals surface area contributed by atoms with Crippen LogP contribution in [-0.4, -0.2) is 4.57 Å². The van der Waals surface area contributed by atoms with E-state index in [0.717, 1.165) is 11.4 Å². The molecule has 2 heteroatoms. The van der Waals surface area contributed by atoms with Crippen LogP contribution < -0.4 is 4.90 Å². The van der Waals surface area contributed by atoms with E-state index >= 15 is 0 Å². The molecule has 2 nitrogen and oxygen atoms in total. The Morgan fingerprint density at radius 2 is 0.839 bits per heavy atom. The van der Waals surface area contributed by atoms with Crippen molar-refractivity contribution in [2.24, 2.45) is 0 Å². The predicted octanol–water partition coefficient (Wildman–Crippen LogP) is 14.5. The molecule has 0 saturated heterocycles. The van der Waals surface area contributed by atoms with Crippen molar-refractivity contribution in [2.75, 3.05) is 4.90 Å². The molecule has 0 fully saturated rings. The molecule has 0 amide bonds.